The predicted octanol–water partition coefficient (Wildman–Crippen LogP) is 2.32. The van der Waals surface area contributed by atoms with Gasteiger partial charge in [0.1, 0.15) is 13.2 Å². The second-order valence-corrected chi connectivity index (χ2v) is 5.84. The van der Waals surface area contributed by atoms with Gasteiger partial charge in [0, 0.05) is 13.7 Å². The van der Waals surface area contributed by atoms with Crippen LogP contribution >= 0.6 is 8.17 Å². The molecule has 1 fully saturated rings. The molecule has 9 heteroatoms. The minimum atomic E-state index is -1.63. The molecule has 1 aliphatic heterocycles. The SMILES string of the molecule is COCCOCCO[P+](=N)OCCOCCOC1CCCCO1. The molecule has 0 aromatic carbocycles. The van der Waals surface area contributed by atoms with Gasteiger partial charge in [0.15, 0.2) is 6.29 Å². The zero-order chi connectivity index (χ0) is 16.6. The molecule has 1 heterocycles. The molecule has 2 atom stereocenters. The largest absolute Gasteiger partial charge is 0.556 e. The third kappa shape index (κ3) is 12.9. The monoisotopic (exact) mass is 354 g/mol. The van der Waals surface area contributed by atoms with Crippen LogP contribution in [0, 0.1) is 5.16 Å². The van der Waals surface area contributed by atoms with Gasteiger partial charge in [-0.05, 0) is 19.3 Å². The Morgan fingerprint density at radius 2 is 1.57 bits per heavy atom. The van der Waals surface area contributed by atoms with E-state index in [0.717, 1.165) is 25.9 Å². The average molecular weight is 354 g/mol. The number of methoxy groups -OCH3 is 1. The average Bonchev–Trinajstić information content (AvgIpc) is 2.58. The van der Waals surface area contributed by atoms with Crippen molar-refractivity contribution in [1.29, 1.82) is 5.16 Å². The van der Waals surface area contributed by atoms with Crippen LogP contribution in [0.5, 0.6) is 0 Å². The van der Waals surface area contributed by atoms with Crippen LogP contribution < -0.4 is 0 Å². The zero-order valence-corrected chi connectivity index (χ0v) is 14.8. The summed E-state index contributed by atoms with van der Waals surface area (Å²) in [5, 5.41) is 7.58. The minimum absolute atomic E-state index is 0.0795. The lowest BCUT2D eigenvalue weighted by Gasteiger charge is -2.22. The van der Waals surface area contributed by atoms with Crippen molar-refractivity contribution < 1.29 is 32.7 Å². The maximum absolute atomic E-state index is 7.58. The van der Waals surface area contributed by atoms with Crippen LogP contribution in [-0.2, 0) is 32.7 Å². The van der Waals surface area contributed by atoms with Crippen LogP contribution in [0.25, 0.3) is 0 Å². The molecule has 1 saturated heterocycles. The van der Waals surface area contributed by atoms with E-state index in [0.29, 0.717) is 52.9 Å². The topological polar surface area (TPSA) is 88.5 Å². The lowest BCUT2D eigenvalue weighted by Crippen LogP contribution is -2.24. The van der Waals surface area contributed by atoms with Gasteiger partial charge in [0.05, 0.1) is 39.6 Å². The van der Waals surface area contributed by atoms with Crippen molar-refractivity contribution in [3.8, 4) is 0 Å². The van der Waals surface area contributed by atoms with Crippen molar-refractivity contribution in [2.75, 3.05) is 66.6 Å². The molecule has 1 aliphatic rings. The molecular formula is C14H29NO7P+. The number of hydrogen-bond acceptors (Lipinski definition) is 8. The first-order chi connectivity index (χ1) is 11.3. The maximum atomic E-state index is 7.58. The molecular weight excluding hydrogens is 325 g/mol. The molecule has 0 saturated carbocycles. The Balaban J connectivity index is 1.78. The first-order valence-corrected chi connectivity index (χ1v) is 9.15. The molecule has 0 spiro atoms. The first kappa shape index (κ1) is 20.9. The molecule has 1 N–H and O–H groups in total. The van der Waals surface area contributed by atoms with E-state index in [1.54, 1.807) is 7.11 Å². The molecule has 0 radical (unpaired) electrons. The van der Waals surface area contributed by atoms with E-state index in [-0.39, 0.29) is 6.29 Å². The Bertz CT molecular complexity index is 290. The van der Waals surface area contributed by atoms with Gasteiger partial charge >= 0.3 is 8.17 Å². The number of rotatable bonds is 15. The molecule has 0 aromatic heterocycles. The van der Waals surface area contributed by atoms with Gasteiger partial charge in [-0.1, -0.05) is 5.16 Å². The third-order valence-corrected chi connectivity index (χ3v) is 3.81. The van der Waals surface area contributed by atoms with Crippen molar-refractivity contribution in [3.63, 3.8) is 0 Å². The molecule has 136 valence electrons. The van der Waals surface area contributed by atoms with Crippen molar-refractivity contribution in [2.24, 2.45) is 0 Å². The van der Waals surface area contributed by atoms with E-state index in [2.05, 4.69) is 0 Å². The van der Waals surface area contributed by atoms with Crippen molar-refractivity contribution in [3.05, 3.63) is 0 Å². The molecule has 8 nitrogen and oxygen atoms in total. The summed E-state index contributed by atoms with van der Waals surface area (Å²) in [5.41, 5.74) is 0. The van der Waals surface area contributed by atoms with Gasteiger partial charge in [-0.2, -0.15) is 0 Å². The highest BCUT2D eigenvalue weighted by molar-refractivity contribution is 7.34. The van der Waals surface area contributed by atoms with Gasteiger partial charge in [0.2, 0.25) is 0 Å². The summed E-state index contributed by atoms with van der Waals surface area (Å²) in [6.07, 6.45) is 3.15. The standard InChI is InChI=1S/C14H29NO7P/c1-16-6-7-17-9-12-21-23(15)22-13-10-18-8-11-20-14-4-2-3-5-19-14/h14-15H,2-13H2,1H3/q+1. The summed E-state index contributed by atoms with van der Waals surface area (Å²) in [6, 6.07) is 0. The molecule has 0 amide bonds. The van der Waals surface area contributed by atoms with Crippen molar-refractivity contribution in [1.82, 2.24) is 0 Å². The van der Waals surface area contributed by atoms with E-state index in [1.807, 2.05) is 0 Å². The van der Waals surface area contributed by atoms with E-state index < -0.39 is 8.17 Å². The Hall–Kier alpha value is -0.180. The molecule has 1 rings (SSSR count). The first-order valence-electron chi connectivity index (χ1n) is 7.97. The molecule has 23 heavy (non-hydrogen) atoms. The highest BCUT2D eigenvalue weighted by atomic mass is 31.1. The molecule has 0 aliphatic carbocycles. The summed E-state index contributed by atoms with van der Waals surface area (Å²) in [5.74, 6) is 0. The summed E-state index contributed by atoms with van der Waals surface area (Å²) >= 11 is 0. The summed E-state index contributed by atoms with van der Waals surface area (Å²) in [7, 11) is -0.0126. The molecule has 0 bridgehead atoms. The van der Waals surface area contributed by atoms with Gasteiger partial charge < -0.3 is 23.7 Å². The molecule has 2 unspecified atom stereocenters. The quantitative estimate of drug-likeness (QED) is 0.357. The third-order valence-electron chi connectivity index (χ3n) is 2.97. The fraction of sp³-hybridized carbons (Fsp3) is 1.00. The van der Waals surface area contributed by atoms with E-state index in [4.69, 9.17) is 37.9 Å². The van der Waals surface area contributed by atoms with Crippen LogP contribution in [0.3, 0.4) is 0 Å². The summed E-state index contributed by atoms with van der Waals surface area (Å²) in [4.78, 5) is 0. The van der Waals surface area contributed by atoms with Crippen LogP contribution in [0.4, 0.5) is 0 Å². The van der Waals surface area contributed by atoms with Crippen LogP contribution in [0.1, 0.15) is 19.3 Å². The number of nitrogens with one attached hydrogen (secondary N) is 1. The number of ether oxygens (including phenoxy) is 5. The fourth-order valence-electron chi connectivity index (χ4n) is 1.82. The normalized spacial score (nSPS) is 19.0. The highest BCUT2D eigenvalue weighted by Crippen LogP contribution is 2.23. The summed E-state index contributed by atoms with van der Waals surface area (Å²) in [6.45, 7) is 4.39. The predicted molar refractivity (Wildman–Crippen MR) is 84.6 cm³/mol. The lowest BCUT2D eigenvalue weighted by atomic mass is 10.2. The molecule has 0 aromatic rings. The van der Waals surface area contributed by atoms with Gasteiger partial charge in [-0.15, -0.1) is 9.05 Å². The van der Waals surface area contributed by atoms with Gasteiger partial charge in [0.25, 0.3) is 0 Å². The summed E-state index contributed by atoms with van der Waals surface area (Å²) < 4.78 is 36.8. The minimum Gasteiger partial charge on any atom is -0.382 e. The van der Waals surface area contributed by atoms with E-state index in [9.17, 15) is 0 Å². The Morgan fingerprint density at radius 1 is 0.913 bits per heavy atom. The van der Waals surface area contributed by atoms with Gasteiger partial charge in [-0.3, -0.25) is 0 Å². The Labute approximate surface area is 139 Å². The maximum Gasteiger partial charge on any atom is 0.556 e. The Kier molecular flexibility index (Phi) is 13.9. The zero-order valence-electron chi connectivity index (χ0n) is 13.9. The Morgan fingerprint density at radius 3 is 2.17 bits per heavy atom. The fourth-order valence-corrected chi connectivity index (χ4v) is 2.38. The van der Waals surface area contributed by atoms with Crippen LogP contribution in [0.2, 0.25) is 0 Å². The second kappa shape index (κ2) is 15.4. The van der Waals surface area contributed by atoms with Crippen LogP contribution in [0.15, 0.2) is 0 Å². The number of hydrogen-bond donors (Lipinski definition) is 1. The van der Waals surface area contributed by atoms with Crippen LogP contribution in [-0.4, -0.2) is 72.9 Å². The van der Waals surface area contributed by atoms with Gasteiger partial charge in [-0.25, -0.2) is 0 Å². The lowest BCUT2D eigenvalue weighted by molar-refractivity contribution is -0.169. The highest BCUT2D eigenvalue weighted by Gasteiger charge is 2.14. The smallest absolute Gasteiger partial charge is 0.382 e. The van der Waals surface area contributed by atoms with Crippen molar-refractivity contribution in [2.45, 2.75) is 25.6 Å². The second-order valence-electron chi connectivity index (χ2n) is 4.81. The van der Waals surface area contributed by atoms with Crippen molar-refractivity contribution >= 4 is 8.17 Å². The van der Waals surface area contributed by atoms with E-state index in [1.165, 1.54) is 0 Å². The van der Waals surface area contributed by atoms with E-state index >= 15 is 0 Å².